The second kappa shape index (κ2) is 13.4. The summed E-state index contributed by atoms with van der Waals surface area (Å²) < 4.78 is 5.56. The van der Waals surface area contributed by atoms with E-state index in [-0.39, 0.29) is 30.7 Å². The Hall–Kier alpha value is -1.75. The van der Waals surface area contributed by atoms with Gasteiger partial charge in [0.2, 0.25) is 0 Å². The zero-order valence-corrected chi connectivity index (χ0v) is 22.2. The summed E-state index contributed by atoms with van der Waals surface area (Å²) in [5, 5.41) is 0. The Balaban J connectivity index is 0.00000204. The molecule has 6 heteroatoms. The minimum atomic E-state index is -0.400. The Morgan fingerprint density at radius 2 is 1.53 bits per heavy atom. The van der Waals surface area contributed by atoms with Gasteiger partial charge in [-0.3, -0.25) is 9.69 Å². The summed E-state index contributed by atoms with van der Waals surface area (Å²) in [5.41, 5.74) is 1.96. The number of carbonyl (C=O) groups is 1. The quantitative estimate of drug-likeness (QED) is 0.429. The molecule has 0 bridgehead atoms. The molecule has 1 aliphatic heterocycles. The molecule has 2 aromatic carbocycles. The maximum atomic E-state index is 13.8. The van der Waals surface area contributed by atoms with Crippen molar-refractivity contribution in [2.45, 2.75) is 50.9 Å². The third kappa shape index (κ3) is 6.47. The van der Waals surface area contributed by atoms with Crippen molar-refractivity contribution in [1.29, 1.82) is 0 Å². The molecule has 0 N–H and O–H groups in total. The van der Waals surface area contributed by atoms with Crippen LogP contribution in [0.1, 0.15) is 51.0 Å². The molecule has 34 heavy (non-hydrogen) atoms. The molecule has 0 amide bonds. The maximum absolute atomic E-state index is 13.8. The molecule has 2 aromatic rings. The van der Waals surface area contributed by atoms with Gasteiger partial charge in [0.25, 0.3) is 0 Å². The van der Waals surface area contributed by atoms with Crippen LogP contribution in [0.25, 0.3) is 0 Å². The highest BCUT2D eigenvalue weighted by Gasteiger charge is 2.39. The van der Waals surface area contributed by atoms with Crippen LogP contribution in [-0.2, 0) is 10.2 Å². The van der Waals surface area contributed by atoms with E-state index in [0.717, 1.165) is 57.7 Å². The van der Waals surface area contributed by atoms with Gasteiger partial charge in [0.05, 0.1) is 18.2 Å². The number of ketones is 1. The van der Waals surface area contributed by atoms with Crippen molar-refractivity contribution in [2.75, 3.05) is 44.7 Å². The molecule has 1 aliphatic carbocycles. The second-order valence-corrected chi connectivity index (χ2v) is 9.65. The van der Waals surface area contributed by atoms with Crippen molar-refractivity contribution in [1.82, 2.24) is 4.90 Å². The molecule has 0 unspecified atom stereocenters. The normalized spacial score (nSPS) is 18.8. The van der Waals surface area contributed by atoms with Crippen LogP contribution < -0.4 is 9.64 Å². The molecule has 0 spiro atoms. The third-order valence-corrected chi connectivity index (χ3v) is 7.66. The van der Waals surface area contributed by atoms with Crippen LogP contribution in [0.5, 0.6) is 5.75 Å². The Labute approximate surface area is 217 Å². The number of halogens is 2. The highest BCUT2D eigenvalue weighted by Crippen LogP contribution is 2.37. The zero-order valence-electron chi connectivity index (χ0n) is 20.6. The monoisotopic (exact) mass is 506 g/mol. The predicted octanol–water partition coefficient (Wildman–Crippen LogP) is 6.16. The number of nitrogens with zero attached hydrogens (tertiary/aromatic N) is 2. The van der Waals surface area contributed by atoms with Crippen LogP contribution in [0.2, 0.25) is 0 Å². The van der Waals surface area contributed by atoms with Gasteiger partial charge in [-0.1, -0.05) is 61.7 Å². The second-order valence-electron chi connectivity index (χ2n) is 9.65. The molecule has 188 valence electrons. The average molecular weight is 508 g/mol. The number of piperazine rings is 1. The van der Waals surface area contributed by atoms with E-state index in [1.165, 1.54) is 30.5 Å². The average Bonchev–Trinajstić information content (AvgIpc) is 2.88. The van der Waals surface area contributed by atoms with Crippen molar-refractivity contribution >= 4 is 36.3 Å². The van der Waals surface area contributed by atoms with Crippen molar-refractivity contribution in [3.63, 3.8) is 0 Å². The fourth-order valence-corrected chi connectivity index (χ4v) is 5.52. The number of Topliss-reactive ketones (excluding diaryl/α,β-unsaturated/α-hetero) is 1. The maximum Gasteiger partial charge on any atom is 0.146 e. The number of hydrogen-bond donors (Lipinski definition) is 0. The first-order chi connectivity index (χ1) is 15.6. The zero-order chi connectivity index (χ0) is 22.4. The molecule has 0 aromatic heterocycles. The van der Waals surface area contributed by atoms with E-state index < -0.39 is 5.41 Å². The summed E-state index contributed by atoms with van der Waals surface area (Å²) >= 11 is 0. The first-order valence-electron chi connectivity index (χ1n) is 12.3. The standard InChI is InChI=1S/C28H38N2O2.2ClH/c1-28(24-13-7-4-8-14-24,27(31)23-11-5-3-6-12-23)17-18-29-19-21-30(22-20-29)25-15-9-10-16-26(25)32-2;;/h4,7-10,13-16,23H,3,5-6,11-12,17-22H2,1-2H3;2*1H/t28-;;/m1../s1. The lowest BCUT2D eigenvalue weighted by Crippen LogP contribution is -2.48. The van der Waals surface area contributed by atoms with Crippen molar-refractivity contribution in [3.05, 3.63) is 60.2 Å². The van der Waals surface area contributed by atoms with Gasteiger partial charge >= 0.3 is 0 Å². The van der Waals surface area contributed by atoms with E-state index in [4.69, 9.17) is 4.74 Å². The minimum absolute atomic E-state index is 0. The van der Waals surface area contributed by atoms with Gasteiger partial charge in [0.15, 0.2) is 0 Å². The van der Waals surface area contributed by atoms with Crippen LogP contribution in [-0.4, -0.2) is 50.5 Å². The van der Waals surface area contributed by atoms with Gasteiger partial charge in [-0.25, -0.2) is 0 Å². The van der Waals surface area contributed by atoms with E-state index >= 15 is 0 Å². The number of carbonyl (C=O) groups excluding carboxylic acids is 1. The number of para-hydroxylation sites is 2. The highest BCUT2D eigenvalue weighted by molar-refractivity contribution is 5.91. The Kier molecular flexibility index (Phi) is 11.2. The Morgan fingerprint density at radius 1 is 0.912 bits per heavy atom. The summed E-state index contributed by atoms with van der Waals surface area (Å²) in [7, 11) is 1.74. The molecule has 4 rings (SSSR count). The van der Waals surface area contributed by atoms with E-state index in [0.29, 0.717) is 5.78 Å². The summed E-state index contributed by atoms with van der Waals surface area (Å²) in [6.07, 6.45) is 6.71. The van der Waals surface area contributed by atoms with E-state index in [2.05, 4.69) is 53.1 Å². The first kappa shape index (κ1) is 28.5. The number of methoxy groups -OCH3 is 1. The van der Waals surface area contributed by atoms with E-state index in [1.54, 1.807) is 7.11 Å². The summed E-state index contributed by atoms with van der Waals surface area (Å²) in [6, 6.07) is 18.8. The largest absolute Gasteiger partial charge is 0.495 e. The molecule has 2 fully saturated rings. The number of hydrogen-bond acceptors (Lipinski definition) is 4. The van der Waals surface area contributed by atoms with Gasteiger partial charge in [0.1, 0.15) is 11.5 Å². The lowest BCUT2D eigenvalue weighted by atomic mass is 9.69. The first-order valence-corrected chi connectivity index (χ1v) is 12.3. The summed E-state index contributed by atoms with van der Waals surface area (Å²) in [5.74, 6) is 1.64. The van der Waals surface area contributed by atoms with Crippen molar-refractivity contribution < 1.29 is 9.53 Å². The smallest absolute Gasteiger partial charge is 0.146 e. The summed E-state index contributed by atoms with van der Waals surface area (Å²) in [4.78, 5) is 18.7. The fraction of sp³-hybridized carbons (Fsp3) is 0.536. The van der Waals surface area contributed by atoms with Crippen LogP contribution in [0.4, 0.5) is 5.69 Å². The topological polar surface area (TPSA) is 32.8 Å². The molecular formula is C28H40Cl2N2O2. The molecule has 4 nitrogen and oxygen atoms in total. The fourth-order valence-electron chi connectivity index (χ4n) is 5.52. The molecule has 0 radical (unpaired) electrons. The number of anilines is 1. The highest BCUT2D eigenvalue weighted by atomic mass is 35.5. The SMILES string of the molecule is COc1ccccc1N1CCN(CC[C@@](C)(C(=O)C2CCCCC2)c2ccccc2)CC1.Cl.Cl. The predicted molar refractivity (Wildman–Crippen MR) is 146 cm³/mol. The molecular weight excluding hydrogens is 467 g/mol. The molecule has 2 aliphatic rings. The number of ether oxygens (including phenoxy) is 1. The minimum Gasteiger partial charge on any atom is -0.495 e. The van der Waals surface area contributed by atoms with Gasteiger partial charge in [0, 0.05) is 32.1 Å². The lowest BCUT2D eigenvalue weighted by Gasteiger charge is -2.39. The third-order valence-electron chi connectivity index (χ3n) is 7.66. The molecule has 1 heterocycles. The van der Waals surface area contributed by atoms with Crippen molar-refractivity contribution in [3.8, 4) is 5.75 Å². The lowest BCUT2D eigenvalue weighted by molar-refractivity contribution is -0.129. The van der Waals surface area contributed by atoms with Crippen LogP contribution in [0.3, 0.4) is 0 Å². The number of benzene rings is 2. The van der Waals surface area contributed by atoms with Crippen LogP contribution >= 0.6 is 24.8 Å². The van der Waals surface area contributed by atoms with Crippen LogP contribution in [0, 0.1) is 5.92 Å². The molecule has 1 saturated carbocycles. The Bertz CT molecular complexity index is 881. The Morgan fingerprint density at radius 3 is 2.18 bits per heavy atom. The summed E-state index contributed by atoms with van der Waals surface area (Å²) in [6.45, 7) is 7.16. The molecule has 1 atom stereocenters. The van der Waals surface area contributed by atoms with E-state index in [9.17, 15) is 4.79 Å². The van der Waals surface area contributed by atoms with Gasteiger partial charge in [-0.05, 0) is 50.4 Å². The molecule has 1 saturated heterocycles. The van der Waals surface area contributed by atoms with Gasteiger partial charge in [-0.15, -0.1) is 24.8 Å². The number of rotatable bonds is 8. The van der Waals surface area contributed by atoms with Gasteiger partial charge in [-0.2, -0.15) is 0 Å². The van der Waals surface area contributed by atoms with Crippen molar-refractivity contribution in [2.24, 2.45) is 5.92 Å². The van der Waals surface area contributed by atoms with E-state index in [1.807, 2.05) is 18.2 Å². The van der Waals surface area contributed by atoms with Crippen LogP contribution in [0.15, 0.2) is 54.6 Å². The van der Waals surface area contributed by atoms with Gasteiger partial charge < -0.3 is 9.64 Å².